The highest BCUT2D eigenvalue weighted by atomic mass is 32.2. The quantitative estimate of drug-likeness (QED) is 0.195. The molecule has 0 saturated carbocycles. The fourth-order valence-corrected chi connectivity index (χ4v) is 6.76. The molecule has 1 amide bonds. The highest BCUT2D eigenvalue weighted by molar-refractivity contribution is 7.92. The number of benzene rings is 3. The van der Waals surface area contributed by atoms with Gasteiger partial charge < -0.3 is 4.57 Å². The Morgan fingerprint density at radius 2 is 1.50 bits per heavy atom. The minimum absolute atomic E-state index is 0.0474. The summed E-state index contributed by atoms with van der Waals surface area (Å²) in [5.74, 6) is -0.706. The first-order valence-electron chi connectivity index (χ1n) is 14.0. The summed E-state index contributed by atoms with van der Waals surface area (Å²) in [5.41, 5.74) is 7.56. The van der Waals surface area contributed by atoms with E-state index in [1.54, 1.807) is 61.1 Å². The van der Waals surface area contributed by atoms with E-state index in [9.17, 15) is 18.0 Å². The van der Waals surface area contributed by atoms with Crippen LogP contribution in [-0.4, -0.2) is 41.0 Å². The highest BCUT2D eigenvalue weighted by Gasteiger charge is 2.33. The molecule has 0 aliphatic rings. The van der Waals surface area contributed by atoms with E-state index in [2.05, 4.69) is 21.2 Å². The lowest BCUT2D eigenvalue weighted by Gasteiger charge is -2.22. The van der Waals surface area contributed by atoms with E-state index in [1.807, 2.05) is 51.1 Å². The number of hydrogen-bond acceptors (Lipinski definition) is 5. The van der Waals surface area contributed by atoms with Crippen molar-refractivity contribution in [3.05, 3.63) is 130 Å². The zero-order valence-corrected chi connectivity index (χ0v) is 26.0. The highest BCUT2D eigenvalue weighted by Crippen LogP contribution is 2.25. The molecular formula is C33H34N6O4S. The fraction of sp³-hybridized carbons (Fsp3) is 0.182. The molecule has 11 heteroatoms. The second-order valence-corrected chi connectivity index (χ2v) is 12.4. The molecular weight excluding hydrogens is 576 g/mol. The summed E-state index contributed by atoms with van der Waals surface area (Å²) in [6, 6.07) is 26.7. The number of hydrogen-bond donors (Lipinski definition) is 1. The fourth-order valence-electron chi connectivity index (χ4n) is 5.27. The van der Waals surface area contributed by atoms with Crippen LogP contribution in [0, 0.1) is 27.7 Å². The second kappa shape index (κ2) is 12.2. The van der Waals surface area contributed by atoms with Crippen molar-refractivity contribution >= 4 is 27.8 Å². The lowest BCUT2D eigenvalue weighted by atomic mass is 10.2. The van der Waals surface area contributed by atoms with Gasteiger partial charge in [-0.15, -0.1) is 0 Å². The van der Waals surface area contributed by atoms with Crippen LogP contribution in [0.3, 0.4) is 0 Å². The summed E-state index contributed by atoms with van der Waals surface area (Å²) in [6.07, 6.45) is 1.53. The molecule has 0 fully saturated rings. The van der Waals surface area contributed by atoms with Gasteiger partial charge in [-0.2, -0.15) is 5.10 Å². The number of aryl methyl sites for hydroxylation is 2. The van der Waals surface area contributed by atoms with E-state index in [0.29, 0.717) is 11.4 Å². The zero-order chi connectivity index (χ0) is 31.6. The molecule has 0 aliphatic carbocycles. The molecule has 226 valence electrons. The largest absolute Gasteiger partial charge is 0.318 e. The van der Waals surface area contributed by atoms with E-state index in [0.717, 1.165) is 32.5 Å². The molecule has 2 aromatic heterocycles. The number of hydrazone groups is 1. The van der Waals surface area contributed by atoms with Gasteiger partial charge in [0.1, 0.15) is 12.2 Å². The van der Waals surface area contributed by atoms with Crippen molar-refractivity contribution in [2.75, 3.05) is 10.8 Å². The van der Waals surface area contributed by atoms with Gasteiger partial charge in [0.25, 0.3) is 21.5 Å². The van der Waals surface area contributed by atoms with Crippen molar-refractivity contribution in [3.63, 3.8) is 0 Å². The number of amides is 1. The summed E-state index contributed by atoms with van der Waals surface area (Å²) in [7, 11) is -2.64. The Morgan fingerprint density at radius 3 is 2.16 bits per heavy atom. The van der Waals surface area contributed by atoms with Crippen LogP contribution in [0.5, 0.6) is 0 Å². The van der Waals surface area contributed by atoms with E-state index in [4.69, 9.17) is 0 Å². The number of anilines is 1. The van der Waals surface area contributed by atoms with Crippen LogP contribution >= 0.6 is 0 Å². The maximum atomic E-state index is 13.9. The van der Waals surface area contributed by atoms with E-state index >= 15 is 0 Å². The summed E-state index contributed by atoms with van der Waals surface area (Å²) in [4.78, 5) is 27.0. The molecule has 2 heterocycles. The number of nitrogens with zero attached hydrogens (tertiary/aromatic N) is 5. The molecule has 1 N–H and O–H groups in total. The predicted octanol–water partition coefficient (Wildman–Crippen LogP) is 4.55. The smallest absolute Gasteiger partial charge is 0.296 e. The van der Waals surface area contributed by atoms with E-state index in [1.165, 1.54) is 23.0 Å². The van der Waals surface area contributed by atoms with Crippen LogP contribution in [0.25, 0.3) is 11.4 Å². The zero-order valence-electron chi connectivity index (χ0n) is 25.2. The van der Waals surface area contributed by atoms with Gasteiger partial charge in [-0.05, 0) is 75.7 Å². The van der Waals surface area contributed by atoms with Crippen molar-refractivity contribution in [1.82, 2.24) is 19.4 Å². The van der Waals surface area contributed by atoms with E-state index < -0.39 is 28.0 Å². The second-order valence-electron chi connectivity index (χ2n) is 10.5. The van der Waals surface area contributed by atoms with Gasteiger partial charge in [-0.3, -0.25) is 14.3 Å². The summed E-state index contributed by atoms with van der Waals surface area (Å²) in [6.45, 7) is 6.96. The number of carbonyl (C=O) groups excluding carboxylic acids is 1. The Morgan fingerprint density at radius 1 is 0.864 bits per heavy atom. The first-order valence-corrected chi connectivity index (χ1v) is 15.4. The topological polar surface area (TPSA) is 111 Å². The third kappa shape index (κ3) is 5.73. The molecule has 0 unspecified atom stereocenters. The number of nitrogens with one attached hydrogen (secondary N) is 1. The number of para-hydroxylation sites is 1. The minimum Gasteiger partial charge on any atom is -0.318 e. The average Bonchev–Trinajstić information content (AvgIpc) is 3.41. The summed E-state index contributed by atoms with van der Waals surface area (Å²) >= 11 is 0. The average molecular weight is 611 g/mol. The van der Waals surface area contributed by atoms with Gasteiger partial charge in [0.15, 0.2) is 0 Å². The van der Waals surface area contributed by atoms with Gasteiger partial charge in [0.2, 0.25) is 0 Å². The van der Waals surface area contributed by atoms with E-state index in [-0.39, 0.29) is 10.6 Å². The van der Waals surface area contributed by atoms with Crippen LogP contribution in [0.1, 0.15) is 28.2 Å². The van der Waals surface area contributed by atoms with Crippen molar-refractivity contribution in [3.8, 4) is 11.4 Å². The predicted molar refractivity (Wildman–Crippen MR) is 172 cm³/mol. The van der Waals surface area contributed by atoms with Crippen LogP contribution in [-0.2, 0) is 21.9 Å². The maximum Gasteiger partial charge on any atom is 0.296 e. The molecule has 0 bridgehead atoms. The normalized spacial score (nSPS) is 11.7. The van der Waals surface area contributed by atoms with Gasteiger partial charge in [0, 0.05) is 29.7 Å². The van der Waals surface area contributed by atoms with Crippen LogP contribution < -0.4 is 15.3 Å². The molecule has 10 nitrogen and oxygen atoms in total. The Hall–Kier alpha value is -5.16. The summed E-state index contributed by atoms with van der Waals surface area (Å²) in [5, 5.41) is 4.14. The summed E-state index contributed by atoms with van der Waals surface area (Å²) < 4.78 is 33.7. The third-order valence-corrected chi connectivity index (χ3v) is 9.27. The molecule has 0 atom stereocenters. The van der Waals surface area contributed by atoms with Crippen molar-refractivity contribution in [2.45, 2.75) is 32.6 Å². The molecule has 0 saturated heterocycles. The lowest BCUT2D eigenvalue weighted by Crippen LogP contribution is -2.42. The Bertz CT molecular complexity index is 2020. The number of sulfonamides is 1. The molecule has 3 aromatic carbocycles. The minimum atomic E-state index is -4.31. The van der Waals surface area contributed by atoms with Crippen molar-refractivity contribution in [2.24, 2.45) is 12.1 Å². The number of rotatable bonds is 9. The maximum absolute atomic E-state index is 13.9. The first-order chi connectivity index (χ1) is 21.0. The molecule has 0 radical (unpaired) electrons. The SMILES string of the molecule is Cc1cccc(-n2c(C)cc(/C=N/NC(=O)CN(c3c(C)n(C)n(-c4ccccc4)c3=O)S(=O)(=O)c3ccccc3)c2C)c1. The molecule has 0 spiro atoms. The standard InChI is InChI=1S/C33H34N6O4S/c1-23-13-12-16-29(19-23)38-24(2)20-27(25(38)3)21-34-35-31(40)22-37(44(42,43)30-17-10-7-11-18-30)32-26(4)36(5)39(33(32)41)28-14-8-6-9-15-28/h6-21H,22H2,1-5H3,(H,35,40)/b34-21+. The van der Waals surface area contributed by atoms with Crippen molar-refractivity contribution in [1.29, 1.82) is 0 Å². The van der Waals surface area contributed by atoms with Crippen LogP contribution in [0.2, 0.25) is 0 Å². The Labute approximate surface area is 256 Å². The third-order valence-electron chi connectivity index (χ3n) is 7.51. The van der Waals surface area contributed by atoms with Gasteiger partial charge in [0.05, 0.1) is 22.5 Å². The number of aromatic nitrogens is 3. The molecule has 5 rings (SSSR count). The van der Waals surface area contributed by atoms with Crippen LogP contribution in [0.4, 0.5) is 5.69 Å². The van der Waals surface area contributed by atoms with Gasteiger partial charge in [-0.25, -0.2) is 22.8 Å². The lowest BCUT2D eigenvalue weighted by molar-refractivity contribution is -0.119. The Kier molecular flexibility index (Phi) is 8.41. The monoisotopic (exact) mass is 610 g/mol. The van der Waals surface area contributed by atoms with Gasteiger partial charge in [-0.1, -0.05) is 48.5 Å². The van der Waals surface area contributed by atoms with Crippen LogP contribution in [0.15, 0.2) is 106 Å². The first kappa shape index (κ1) is 30.3. The van der Waals surface area contributed by atoms with Crippen molar-refractivity contribution < 1.29 is 13.2 Å². The number of carbonyl (C=O) groups is 1. The molecule has 0 aliphatic heterocycles. The molecule has 5 aromatic rings. The molecule has 44 heavy (non-hydrogen) atoms. The Balaban J connectivity index is 1.47. The van der Waals surface area contributed by atoms with Gasteiger partial charge >= 0.3 is 0 Å².